The van der Waals surface area contributed by atoms with Gasteiger partial charge in [-0.05, 0) is 35.5 Å². The predicted molar refractivity (Wildman–Crippen MR) is 113 cm³/mol. The molecule has 0 aliphatic heterocycles. The molecule has 3 N–H and O–H groups in total. The summed E-state index contributed by atoms with van der Waals surface area (Å²) in [6.07, 6.45) is 1.47. The van der Waals surface area contributed by atoms with Gasteiger partial charge in [0.15, 0.2) is 11.4 Å². The summed E-state index contributed by atoms with van der Waals surface area (Å²) >= 11 is 5.35. The van der Waals surface area contributed by atoms with Gasteiger partial charge in [0.1, 0.15) is 5.75 Å². The molecule has 0 amide bonds. The number of aromatic amines is 1. The fraction of sp³-hybridized carbons (Fsp3) is 0.0455. The molecule has 1 aromatic heterocycles. The SMILES string of the molecule is Oc1ccccc1/C=N/n1c(C(O)(c2ccccc2)c2ccccc2)n[nH]c1=S. The molecule has 0 saturated heterocycles. The highest BCUT2D eigenvalue weighted by Crippen LogP contribution is 2.35. The number of benzene rings is 3. The number of hydrogen-bond acceptors (Lipinski definition) is 5. The van der Waals surface area contributed by atoms with Crippen molar-refractivity contribution < 1.29 is 10.2 Å². The third-order valence-corrected chi connectivity index (χ3v) is 4.87. The Labute approximate surface area is 172 Å². The standard InChI is InChI=1S/C22H18N4O2S/c27-19-14-8-7-9-16(19)15-23-26-20(24-25-21(26)29)22(28,17-10-3-1-4-11-17)18-12-5-2-6-13-18/h1-15,27-28H,(H,25,29)/b23-15+. The van der Waals surface area contributed by atoms with E-state index < -0.39 is 5.60 Å². The van der Waals surface area contributed by atoms with E-state index in [-0.39, 0.29) is 16.3 Å². The second-order valence-corrected chi connectivity index (χ2v) is 6.80. The van der Waals surface area contributed by atoms with Crippen molar-refractivity contribution in [3.63, 3.8) is 0 Å². The number of aliphatic hydroxyl groups is 1. The van der Waals surface area contributed by atoms with E-state index in [1.54, 1.807) is 24.3 Å². The molecule has 0 saturated carbocycles. The Bertz CT molecular complexity index is 1160. The van der Waals surface area contributed by atoms with Crippen molar-refractivity contribution in [1.82, 2.24) is 14.9 Å². The highest BCUT2D eigenvalue weighted by Gasteiger charge is 2.39. The maximum atomic E-state index is 11.9. The van der Waals surface area contributed by atoms with Crippen molar-refractivity contribution in [2.75, 3.05) is 0 Å². The van der Waals surface area contributed by atoms with Crippen molar-refractivity contribution in [3.8, 4) is 5.75 Å². The smallest absolute Gasteiger partial charge is 0.216 e. The molecule has 0 radical (unpaired) electrons. The summed E-state index contributed by atoms with van der Waals surface area (Å²) in [6.45, 7) is 0. The highest BCUT2D eigenvalue weighted by molar-refractivity contribution is 7.71. The Morgan fingerprint density at radius 3 is 2.03 bits per heavy atom. The summed E-state index contributed by atoms with van der Waals surface area (Å²) in [5, 5.41) is 33.3. The Morgan fingerprint density at radius 1 is 0.897 bits per heavy atom. The number of nitrogens with zero attached hydrogens (tertiary/aromatic N) is 3. The number of para-hydroxylation sites is 1. The molecule has 0 atom stereocenters. The second-order valence-electron chi connectivity index (χ2n) is 6.41. The molecule has 3 aromatic carbocycles. The van der Waals surface area contributed by atoms with E-state index in [1.165, 1.54) is 10.9 Å². The maximum Gasteiger partial charge on any atom is 0.216 e. The van der Waals surface area contributed by atoms with Crippen LogP contribution in [0.1, 0.15) is 22.5 Å². The fourth-order valence-corrected chi connectivity index (χ4v) is 3.31. The zero-order valence-corrected chi connectivity index (χ0v) is 16.1. The molecule has 7 heteroatoms. The molecule has 1 heterocycles. The minimum atomic E-state index is -1.59. The van der Waals surface area contributed by atoms with Crippen molar-refractivity contribution in [3.05, 3.63) is 112 Å². The quantitative estimate of drug-likeness (QED) is 0.350. The summed E-state index contributed by atoms with van der Waals surface area (Å²) in [5.41, 5.74) is 0.175. The molecule has 4 rings (SSSR count). The van der Waals surface area contributed by atoms with Gasteiger partial charge in [-0.15, -0.1) is 0 Å². The van der Waals surface area contributed by atoms with Gasteiger partial charge in [-0.3, -0.25) is 0 Å². The minimum absolute atomic E-state index is 0.0918. The molecule has 0 unspecified atom stereocenters. The number of phenols is 1. The van der Waals surface area contributed by atoms with E-state index in [0.717, 1.165) is 0 Å². The van der Waals surface area contributed by atoms with Crippen molar-refractivity contribution >= 4 is 18.4 Å². The minimum Gasteiger partial charge on any atom is -0.507 e. The first-order valence-corrected chi connectivity index (χ1v) is 9.35. The summed E-state index contributed by atoms with van der Waals surface area (Å²) in [7, 11) is 0. The van der Waals surface area contributed by atoms with Crippen molar-refractivity contribution in [1.29, 1.82) is 0 Å². The number of nitrogens with one attached hydrogen (secondary N) is 1. The lowest BCUT2D eigenvalue weighted by Crippen LogP contribution is -2.32. The van der Waals surface area contributed by atoms with Crippen LogP contribution in [0.3, 0.4) is 0 Å². The molecular weight excluding hydrogens is 384 g/mol. The predicted octanol–water partition coefficient (Wildman–Crippen LogP) is 3.81. The third kappa shape index (κ3) is 3.49. The monoisotopic (exact) mass is 402 g/mol. The van der Waals surface area contributed by atoms with Crippen LogP contribution >= 0.6 is 12.2 Å². The molecule has 0 fully saturated rings. The number of rotatable bonds is 5. The lowest BCUT2D eigenvalue weighted by atomic mass is 9.85. The van der Waals surface area contributed by atoms with Crippen LogP contribution in [0, 0.1) is 4.77 Å². The first-order valence-electron chi connectivity index (χ1n) is 8.94. The van der Waals surface area contributed by atoms with Crippen LogP contribution in [0.5, 0.6) is 5.75 Å². The lowest BCUT2D eigenvalue weighted by molar-refractivity contribution is 0.111. The van der Waals surface area contributed by atoms with E-state index in [4.69, 9.17) is 12.2 Å². The Hall–Kier alpha value is -3.55. The zero-order chi connectivity index (χ0) is 20.3. The lowest BCUT2D eigenvalue weighted by Gasteiger charge is -2.27. The first kappa shape index (κ1) is 18.8. The van der Waals surface area contributed by atoms with Gasteiger partial charge >= 0.3 is 0 Å². The molecule has 6 nitrogen and oxygen atoms in total. The largest absolute Gasteiger partial charge is 0.507 e. The fourth-order valence-electron chi connectivity index (χ4n) is 3.13. The van der Waals surface area contributed by atoms with Crippen LogP contribution in [0.25, 0.3) is 0 Å². The summed E-state index contributed by atoms with van der Waals surface area (Å²) in [6, 6.07) is 25.2. The van der Waals surface area contributed by atoms with Gasteiger partial charge in [0.25, 0.3) is 0 Å². The van der Waals surface area contributed by atoms with E-state index >= 15 is 0 Å². The third-order valence-electron chi connectivity index (χ3n) is 4.61. The van der Waals surface area contributed by atoms with E-state index in [2.05, 4.69) is 15.3 Å². The average molecular weight is 402 g/mol. The molecule has 0 aliphatic rings. The highest BCUT2D eigenvalue weighted by atomic mass is 32.1. The summed E-state index contributed by atoms with van der Waals surface area (Å²) < 4.78 is 1.58. The van der Waals surface area contributed by atoms with E-state index in [1.807, 2.05) is 60.7 Å². The van der Waals surface area contributed by atoms with Crippen molar-refractivity contribution in [2.24, 2.45) is 5.10 Å². The van der Waals surface area contributed by atoms with Gasteiger partial charge in [0.2, 0.25) is 4.77 Å². The number of phenolic OH excluding ortho intramolecular Hbond substituents is 1. The van der Waals surface area contributed by atoms with Crippen LogP contribution in [-0.4, -0.2) is 31.3 Å². The molecule has 0 aliphatic carbocycles. The van der Waals surface area contributed by atoms with Gasteiger partial charge in [-0.1, -0.05) is 72.8 Å². The van der Waals surface area contributed by atoms with Crippen molar-refractivity contribution in [2.45, 2.75) is 5.60 Å². The Kier molecular flexibility index (Phi) is 5.07. The van der Waals surface area contributed by atoms with E-state index in [0.29, 0.717) is 16.7 Å². The number of aromatic hydroxyl groups is 1. The van der Waals surface area contributed by atoms with Gasteiger partial charge < -0.3 is 10.2 Å². The van der Waals surface area contributed by atoms with Crippen LogP contribution in [0.4, 0.5) is 0 Å². The zero-order valence-electron chi connectivity index (χ0n) is 15.3. The van der Waals surface area contributed by atoms with Gasteiger partial charge in [0.05, 0.1) is 6.21 Å². The van der Waals surface area contributed by atoms with Gasteiger partial charge in [-0.2, -0.15) is 14.9 Å². The number of aromatic nitrogens is 3. The van der Waals surface area contributed by atoms with Gasteiger partial charge in [-0.25, -0.2) is 5.10 Å². The van der Waals surface area contributed by atoms with Crippen LogP contribution in [0.2, 0.25) is 0 Å². The molecule has 0 spiro atoms. The average Bonchev–Trinajstić information content (AvgIpc) is 3.14. The van der Waals surface area contributed by atoms with Crippen LogP contribution < -0.4 is 0 Å². The molecule has 4 aromatic rings. The van der Waals surface area contributed by atoms with Crippen LogP contribution in [-0.2, 0) is 5.60 Å². The number of hydrogen-bond donors (Lipinski definition) is 3. The molecule has 0 bridgehead atoms. The molecule has 144 valence electrons. The summed E-state index contributed by atoms with van der Waals surface area (Å²) in [5.74, 6) is 0.306. The topological polar surface area (TPSA) is 86.4 Å². The molecule has 29 heavy (non-hydrogen) atoms. The maximum absolute atomic E-state index is 11.9. The Balaban J connectivity index is 1.90. The van der Waals surface area contributed by atoms with Gasteiger partial charge in [0, 0.05) is 5.56 Å². The van der Waals surface area contributed by atoms with E-state index in [9.17, 15) is 10.2 Å². The Morgan fingerprint density at radius 2 is 1.45 bits per heavy atom. The molecular formula is C22H18N4O2S. The summed E-state index contributed by atoms with van der Waals surface area (Å²) in [4.78, 5) is 0. The normalized spacial score (nSPS) is 11.8. The second kappa shape index (κ2) is 7.83. The number of H-pyrrole nitrogens is 1. The van der Waals surface area contributed by atoms with Crippen LogP contribution in [0.15, 0.2) is 90.0 Å². The first-order chi connectivity index (χ1) is 14.1.